The molecule has 2 aromatic heterocycles. The number of amides is 2. The van der Waals surface area contributed by atoms with Gasteiger partial charge in [0, 0.05) is 103 Å². The number of nitrogens with one attached hydrogen (secondary N) is 1. The van der Waals surface area contributed by atoms with Gasteiger partial charge in [0.1, 0.15) is 22.9 Å². The van der Waals surface area contributed by atoms with Gasteiger partial charge in [0.2, 0.25) is 11.9 Å². The third-order valence-corrected chi connectivity index (χ3v) is 15.4. The van der Waals surface area contributed by atoms with Crippen LogP contribution in [0, 0.1) is 5.92 Å². The maximum atomic E-state index is 14.8. The minimum atomic E-state index is -4.71. The molecule has 2 amide bonds. The predicted molar refractivity (Wildman–Crippen MR) is 282 cm³/mol. The molecule has 0 bridgehead atoms. The fourth-order valence-electron chi connectivity index (χ4n) is 11.1. The summed E-state index contributed by atoms with van der Waals surface area (Å²) in [5.74, 6) is 0.829. The molecular formula is C55H63F3N12O6. The first-order chi connectivity index (χ1) is 36.5. The number of anilines is 6. The van der Waals surface area contributed by atoms with E-state index < -0.39 is 17.8 Å². The first-order valence-corrected chi connectivity index (χ1v) is 25.9. The summed E-state index contributed by atoms with van der Waals surface area (Å²) in [5.41, 5.74) is 3.38. The van der Waals surface area contributed by atoms with Crippen LogP contribution < -0.4 is 24.8 Å². The number of ether oxygens (including phenoxy) is 1. The van der Waals surface area contributed by atoms with Crippen LogP contribution in [0.3, 0.4) is 0 Å². The van der Waals surface area contributed by atoms with Gasteiger partial charge in [-0.3, -0.25) is 19.4 Å². The van der Waals surface area contributed by atoms with Crippen molar-refractivity contribution in [1.29, 1.82) is 0 Å². The average Bonchev–Trinajstić information content (AvgIpc) is 3.78. The number of aromatic nitrogens is 5. The highest BCUT2D eigenvalue weighted by molar-refractivity contribution is 6.13. The zero-order valence-electron chi connectivity index (χ0n) is 43.3. The Balaban J connectivity index is 0.713. The number of rotatable bonds is 12. The number of carbonyl (C=O) groups is 2. The number of carbonyl (C=O) groups excluding carboxylic acids is 2. The van der Waals surface area contributed by atoms with E-state index in [4.69, 9.17) is 9.72 Å². The predicted octanol–water partition coefficient (Wildman–Crippen LogP) is 8.51. The van der Waals surface area contributed by atoms with Crippen LogP contribution in [0.25, 0.3) is 17.1 Å². The van der Waals surface area contributed by atoms with Gasteiger partial charge in [-0.1, -0.05) is 37.1 Å². The summed E-state index contributed by atoms with van der Waals surface area (Å²) in [5, 5.41) is 42.8. The summed E-state index contributed by atoms with van der Waals surface area (Å²) in [4.78, 5) is 48.8. The van der Waals surface area contributed by atoms with E-state index in [9.17, 15) is 38.1 Å². The highest BCUT2D eigenvalue weighted by atomic mass is 19.4. The van der Waals surface area contributed by atoms with Crippen LogP contribution in [0.15, 0.2) is 79.0 Å². The number of phenolic OH excluding ortho intramolecular Hbond substituents is 2. The van der Waals surface area contributed by atoms with Crippen molar-refractivity contribution in [2.75, 3.05) is 93.1 Å². The van der Waals surface area contributed by atoms with E-state index >= 15 is 0 Å². The Morgan fingerprint density at radius 2 is 1.53 bits per heavy atom. The molecule has 4 aromatic carbocycles. The molecule has 0 aliphatic carbocycles. The topological polar surface area (TPSA) is 192 Å². The van der Waals surface area contributed by atoms with Crippen LogP contribution in [0.5, 0.6) is 23.3 Å². The van der Waals surface area contributed by atoms with E-state index in [2.05, 4.69) is 30.3 Å². The van der Waals surface area contributed by atoms with E-state index in [0.29, 0.717) is 85.9 Å². The maximum absolute atomic E-state index is 14.8. The smallest absolute Gasteiger partial charge is 0.416 e. The highest BCUT2D eigenvalue weighted by Crippen LogP contribution is 2.42. The quantitative estimate of drug-likeness (QED) is 0.0912. The Kier molecular flexibility index (Phi) is 14.4. The fourth-order valence-corrected chi connectivity index (χ4v) is 11.1. The lowest BCUT2D eigenvalue weighted by Gasteiger charge is -2.44. The highest BCUT2D eigenvalue weighted by Gasteiger charge is 2.37. The molecule has 0 saturated carbocycles. The fraction of sp³-hybridized carbons (Fsp3) is 0.418. The second-order valence-corrected chi connectivity index (χ2v) is 20.3. The first-order valence-electron chi connectivity index (χ1n) is 25.9. The molecule has 76 heavy (non-hydrogen) atoms. The minimum absolute atomic E-state index is 0.0371. The molecule has 6 aromatic rings. The number of alkyl halides is 3. The summed E-state index contributed by atoms with van der Waals surface area (Å²) in [6.45, 7) is 11.4. The van der Waals surface area contributed by atoms with Gasteiger partial charge in [-0.25, -0.2) is 9.55 Å². The van der Waals surface area contributed by atoms with E-state index in [1.54, 1.807) is 24.2 Å². The molecule has 3 fully saturated rings. The number of nitrogens with zero attached hydrogens (tertiary/aromatic N) is 11. The maximum Gasteiger partial charge on any atom is 0.416 e. The number of hydrogen-bond donors (Lipinski definition) is 4. The number of likely N-dealkylation sites (tertiary alicyclic amines) is 1. The molecule has 4 aliphatic rings. The molecule has 0 atom stereocenters. The molecule has 0 radical (unpaired) electrons. The van der Waals surface area contributed by atoms with E-state index in [0.717, 1.165) is 66.8 Å². The number of benzene rings is 4. The molecule has 21 heteroatoms. The zero-order chi connectivity index (χ0) is 53.6. The summed E-state index contributed by atoms with van der Waals surface area (Å²) in [7, 11) is 3.60. The van der Waals surface area contributed by atoms with Crippen LogP contribution in [-0.2, 0) is 17.5 Å². The van der Waals surface area contributed by atoms with Gasteiger partial charge in [0.25, 0.3) is 5.91 Å². The van der Waals surface area contributed by atoms with Crippen molar-refractivity contribution in [3.05, 3.63) is 101 Å². The average molecular weight is 1050 g/mol. The van der Waals surface area contributed by atoms with E-state index in [-0.39, 0.29) is 70.4 Å². The Bertz CT molecular complexity index is 3130. The Hall–Kier alpha value is -7.65. The summed E-state index contributed by atoms with van der Waals surface area (Å²) in [6, 6.07) is 19.5. The lowest BCUT2D eigenvalue weighted by atomic mass is 9.93. The summed E-state index contributed by atoms with van der Waals surface area (Å²) in [6.07, 6.45) is 0.0688. The van der Waals surface area contributed by atoms with Crippen molar-refractivity contribution < 1.29 is 42.8 Å². The van der Waals surface area contributed by atoms with Gasteiger partial charge >= 0.3 is 12.2 Å². The van der Waals surface area contributed by atoms with Crippen LogP contribution in [0.2, 0.25) is 0 Å². The van der Waals surface area contributed by atoms with Gasteiger partial charge < -0.3 is 45.0 Å². The molecule has 6 heterocycles. The van der Waals surface area contributed by atoms with Gasteiger partial charge in [-0.2, -0.15) is 18.2 Å². The Labute approximate surface area is 439 Å². The first kappa shape index (κ1) is 51.8. The van der Waals surface area contributed by atoms with E-state index in [1.807, 2.05) is 78.9 Å². The molecule has 3 saturated heterocycles. The number of hydrogen-bond acceptors (Lipinski definition) is 15. The Morgan fingerprint density at radius 3 is 2.24 bits per heavy atom. The molecule has 0 unspecified atom stereocenters. The Morgan fingerprint density at radius 1 is 0.803 bits per heavy atom. The van der Waals surface area contributed by atoms with Gasteiger partial charge in [0.05, 0.1) is 46.6 Å². The van der Waals surface area contributed by atoms with Crippen molar-refractivity contribution in [3.8, 4) is 40.3 Å². The van der Waals surface area contributed by atoms with E-state index in [1.165, 1.54) is 18.2 Å². The lowest BCUT2D eigenvalue weighted by Crippen LogP contribution is -2.54. The summed E-state index contributed by atoms with van der Waals surface area (Å²) >= 11 is 0. The number of fused-ring (bicyclic) bond motifs is 2. The van der Waals surface area contributed by atoms with Gasteiger partial charge in [-0.05, 0) is 92.1 Å². The zero-order valence-corrected chi connectivity index (χ0v) is 43.3. The van der Waals surface area contributed by atoms with Crippen LogP contribution in [-0.4, -0.2) is 146 Å². The molecule has 400 valence electrons. The number of para-hydroxylation sites is 1. The van der Waals surface area contributed by atoms with Crippen LogP contribution >= 0.6 is 0 Å². The summed E-state index contributed by atoms with van der Waals surface area (Å²) < 4.78 is 51.4. The molecular weight excluding hydrogens is 982 g/mol. The number of piperidine rings is 2. The SMILES string of the molecule is CCOc1cc(N2CCC(C(=O)N3CCC(N4CCN(Cc5ccc(-n6c(O)nnc6-c6cc(C(C)C)c(O)cc6O)cc5C(F)(F)F)CC4)CC3)CC2)ccc1Nc1ncc2c(n1)N(C)c1ccccc1C(=O)N2C. The number of halogens is 3. The largest absolute Gasteiger partial charge is 0.508 e. The van der Waals surface area contributed by atoms with Crippen molar-refractivity contribution >= 4 is 46.3 Å². The second kappa shape index (κ2) is 21.2. The van der Waals surface area contributed by atoms with Gasteiger partial charge in [-0.15, -0.1) is 5.10 Å². The molecule has 4 aliphatic heterocycles. The van der Waals surface area contributed by atoms with Crippen molar-refractivity contribution in [1.82, 2.24) is 39.4 Å². The molecule has 0 spiro atoms. The lowest BCUT2D eigenvalue weighted by molar-refractivity contribution is -0.138. The molecule has 10 rings (SSSR count). The number of piperazine rings is 1. The van der Waals surface area contributed by atoms with Crippen LogP contribution in [0.1, 0.15) is 79.4 Å². The standard InChI is InChI=1S/C55H63F3N12O6/c1-6-76-48-28-37(13-14-43(48)60-53-59-31-45-50(61-53)64(4)44-10-8-7-9-39(44)52(74)65(45)5)67-19-15-34(16-20-67)51(73)69-21-17-36(18-22-69)68-25-23-66(24-26-68)32-35-11-12-38(27-42(35)55(56,57)58)70-49(62-63-54(70)75)41-29-40(33(2)3)46(71)30-47(41)72/h7-14,27-31,33-34,36,71-72H,6,15-26,32H2,1-5H3,(H,63,75)(H,59,60,61). The van der Waals surface area contributed by atoms with Crippen molar-refractivity contribution in [2.45, 2.75) is 71.1 Å². The molecule has 18 nitrogen and oxygen atoms in total. The number of aromatic hydroxyl groups is 3. The third-order valence-electron chi connectivity index (χ3n) is 15.4. The van der Waals surface area contributed by atoms with Crippen LogP contribution in [0.4, 0.5) is 47.7 Å². The van der Waals surface area contributed by atoms with Crippen molar-refractivity contribution in [3.63, 3.8) is 0 Å². The minimum Gasteiger partial charge on any atom is -0.508 e. The third kappa shape index (κ3) is 10.2. The second-order valence-electron chi connectivity index (χ2n) is 20.3. The normalized spacial score (nSPS) is 17.2. The molecule has 4 N–H and O–H groups in total. The van der Waals surface area contributed by atoms with Gasteiger partial charge in [0.15, 0.2) is 11.6 Å². The number of phenols is 2. The monoisotopic (exact) mass is 1040 g/mol. The van der Waals surface area contributed by atoms with Crippen molar-refractivity contribution in [2.24, 2.45) is 5.92 Å².